The van der Waals surface area contributed by atoms with Crippen LogP contribution in [0.3, 0.4) is 0 Å². The van der Waals surface area contributed by atoms with Crippen LogP contribution in [0.2, 0.25) is 0 Å². The van der Waals surface area contributed by atoms with Gasteiger partial charge in [-0.15, -0.1) is 11.8 Å². The first-order valence-corrected chi connectivity index (χ1v) is 7.36. The van der Waals surface area contributed by atoms with Gasteiger partial charge in [-0.1, -0.05) is 37.3 Å². The summed E-state index contributed by atoms with van der Waals surface area (Å²) in [6.07, 6.45) is 2.21. The molecule has 19 heavy (non-hydrogen) atoms. The van der Waals surface area contributed by atoms with Gasteiger partial charge in [-0.2, -0.15) is 0 Å². The fraction of sp³-hybridized carbons (Fsp3) is 0.250. The van der Waals surface area contributed by atoms with Gasteiger partial charge in [-0.05, 0) is 24.1 Å². The first-order chi connectivity index (χ1) is 9.20. The van der Waals surface area contributed by atoms with Crippen molar-refractivity contribution < 1.29 is 4.79 Å². The van der Waals surface area contributed by atoms with E-state index in [9.17, 15) is 4.79 Å². The Kier molecular flexibility index (Phi) is 4.74. The summed E-state index contributed by atoms with van der Waals surface area (Å²) in [6, 6.07) is 12.3. The van der Waals surface area contributed by atoms with Crippen molar-refractivity contribution >= 4 is 17.5 Å². The van der Waals surface area contributed by atoms with Gasteiger partial charge in [0, 0.05) is 23.9 Å². The van der Waals surface area contributed by atoms with Crippen LogP contribution in [0.5, 0.6) is 0 Å². The summed E-state index contributed by atoms with van der Waals surface area (Å²) >= 11 is 1.71. The molecule has 2 rings (SSSR count). The number of hydrogen-bond acceptors (Lipinski definition) is 3. The topological polar surface area (TPSA) is 30.0 Å². The molecule has 2 aromatic rings. The molecule has 3 heteroatoms. The van der Waals surface area contributed by atoms with Crippen molar-refractivity contribution in [3.63, 3.8) is 0 Å². The van der Waals surface area contributed by atoms with E-state index in [2.05, 4.69) is 17.1 Å². The molecule has 0 atom stereocenters. The van der Waals surface area contributed by atoms with Gasteiger partial charge < -0.3 is 0 Å². The summed E-state index contributed by atoms with van der Waals surface area (Å²) in [5, 5.41) is 0.997. The highest BCUT2D eigenvalue weighted by atomic mass is 32.2. The van der Waals surface area contributed by atoms with E-state index >= 15 is 0 Å². The third-order valence-electron chi connectivity index (χ3n) is 2.89. The number of rotatable bonds is 5. The van der Waals surface area contributed by atoms with Crippen LogP contribution in [0, 0.1) is 6.92 Å². The molecule has 0 spiro atoms. The first kappa shape index (κ1) is 13.8. The minimum Gasteiger partial charge on any atom is -0.294 e. The number of thioether (sulfide) groups is 1. The predicted octanol–water partition coefficient (Wildman–Crippen LogP) is 4.28. The van der Waals surface area contributed by atoms with Crippen molar-refractivity contribution in [1.29, 1.82) is 0 Å². The molecule has 0 fully saturated rings. The molecular weight excluding hydrogens is 254 g/mol. The Balaban J connectivity index is 2.07. The number of aromatic nitrogens is 1. The molecule has 0 aliphatic rings. The van der Waals surface area contributed by atoms with Crippen molar-refractivity contribution in [2.45, 2.75) is 31.0 Å². The number of carbonyl (C=O) groups excluding carboxylic acids is 1. The summed E-state index contributed by atoms with van der Waals surface area (Å²) in [4.78, 5) is 16.0. The van der Waals surface area contributed by atoms with Crippen LogP contribution in [0.25, 0.3) is 0 Å². The Hall–Kier alpha value is -1.61. The quantitative estimate of drug-likeness (QED) is 0.600. The molecule has 1 heterocycles. The number of Topliss-reactive ketones (excluding diaryl/α,β-unsaturated/α-hetero) is 1. The summed E-state index contributed by atoms with van der Waals surface area (Å²) in [5.41, 5.74) is 3.06. The van der Waals surface area contributed by atoms with Crippen molar-refractivity contribution in [2.24, 2.45) is 0 Å². The van der Waals surface area contributed by atoms with Gasteiger partial charge in [-0.25, -0.2) is 4.98 Å². The molecule has 1 aromatic heterocycles. The molecule has 0 aliphatic carbocycles. The Morgan fingerprint density at radius 2 is 2.00 bits per heavy atom. The second kappa shape index (κ2) is 6.53. The second-order valence-electron chi connectivity index (χ2n) is 4.40. The number of carbonyl (C=O) groups is 1. The zero-order valence-electron chi connectivity index (χ0n) is 11.2. The Morgan fingerprint density at radius 1 is 1.26 bits per heavy atom. The average molecular weight is 271 g/mol. The highest BCUT2D eigenvalue weighted by molar-refractivity contribution is 7.98. The highest BCUT2D eigenvalue weighted by Crippen LogP contribution is 2.24. The maximum atomic E-state index is 11.6. The van der Waals surface area contributed by atoms with Gasteiger partial charge in [0.2, 0.25) is 0 Å². The van der Waals surface area contributed by atoms with Crippen LogP contribution in [-0.4, -0.2) is 10.8 Å². The summed E-state index contributed by atoms with van der Waals surface area (Å²) in [6.45, 7) is 3.88. The normalized spacial score (nSPS) is 10.4. The molecule has 0 saturated heterocycles. The van der Waals surface area contributed by atoms with E-state index in [1.54, 1.807) is 18.0 Å². The fourth-order valence-corrected chi connectivity index (χ4v) is 2.71. The Labute approximate surface area is 118 Å². The second-order valence-corrected chi connectivity index (χ2v) is 5.36. The van der Waals surface area contributed by atoms with Gasteiger partial charge in [0.1, 0.15) is 0 Å². The zero-order chi connectivity index (χ0) is 13.7. The van der Waals surface area contributed by atoms with Gasteiger partial charge in [0.15, 0.2) is 5.78 Å². The minimum atomic E-state index is 0.148. The standard InChI is InChI=1S/C16H17NOS/c1-3-15(18)14-9-12(2)16(17-10-14)19-11-13-7-5-4-6-8-13/h4-10H,3,11H2,1-2H3. The maximum absolute atomic E-state index is 11.6. The molecule has 0 aliphatic heterocycles. The zero-order valence-corrected chi connectivity index (χ0v) is 12.0. The van der Waals surface area contributed by atoms with Crippen LogP contribution < -0.4 is 0 Å². The summed E-state index contributed by atoms with van der Waals surface area (Å²) in [5.74, 6) is 1.05. The molecule has 0 saturated carbocycles. The van der Waals surface area contributed by atoms with Crippen LogP contribution in [-0.2, 0) is 5.75 Å². The number of ketones is 1. The van der Waals surface area contributed by atoms with E-state index in [1.165, 1.54) is 5.56 Å². The molecule has 2 nitrogen and oxygen atoms in total. The number of pyridine rings is 1. The minimum absolute atomic E-state index is 0.148. The molecule has 0 bridgehead atoms. The van der Waals surface area contributed by atoms with Gasteiger partial charge in [-0.3, -0.25) is 4.79 Å². The van der Waals surface area contributed by atoms with Crippen molar-refractivity contribution in [3.05, 3.63) is 59.3 Å². The van der Waals surface area contributed by atoms with Crippen molar-refractivity contribution in [1.82, 2.24) is 4.98 Å². The van der Waals surface area contributed by atoms with E-state index < -0.39 is 0 Å². The lowest BCUT2D eigenvalue weighted by Crippen LogP contribution is -1.99. The smallest absolute Gasteiger partial charge is 0.164 e. The summed E-state index contributed by atoms with van der Waals surface area (Å²) < 4.78 is 0. The van der Waals surface area contributed by atoms with Gasteiger partial charge in [0.05, 0.1) is 5.03 Å². The molecule has 0 N–H and O–H groups in total. The third kappa shape index (κ3) is 3.67. The predicted molar refractivity (Wildman–Crippen MR) is 79.6 cm³/mol. The molecule has 0 amide bonds. The molecule has 0 unspecified atom stereocenters. The maximum Gasteiger partial charge on any atom is 0.164 e. The average Bonchev–Trinajstić information content (AvgIpc) is 2.46. The van der Waals surface area contributed by atoms with E-state index in [4.69, 9.17) is 0 Å². The molecule has 0 radical (unpaired) electrons. The molecule has 1 aromatic carbocycles. The molecular formula is C16H17NOS. The largest absolute Gasteiger partial charge is 0.294 e. The number of aryl methyl sites for hydroxylation is 1. The van der Waals surface area contributed by atoms with Crippen molar-refractivity contribution in [2.75, 3.05) is 0 Å². The number of benzene rings is 1. The molecule has 98 valence electrons. The van der Waals surface area contributed by atoms with Crippen LogP contribution in [0.4, 0.5) is 0 Å². The van der Waals surface area contributed by atoms with Crippen LogP contribution in [0.1, 0.15) is 34.8 Å². The van der Waals surface area contributed by atoms with Crippen LogP contribution in [0.15, 0.2) is 47.6 Å². The summed E-state index contributed by atoms with van der Waals surface area (Å²) in [7, 11) is 0. The highest BCUT2D eigenvalue weighted by Gasteiger charge is 2.07. The Bertz CT molecular complexity index is 566. The van der Waals surface area contributed by atoms with Gasteiger partial charge >= 0.3 is 0 Å². The van der Waals surface area contributed by atoms with E-state index in [-0.39, 0.29) is 5.78 Å². The Morgan fingerprint density at radius 3 is 2.63 bits per heavy atom. The lowest BCUT2D eigenvalue weighted by molar-refractivity contribution is 0.0987. The lowest BCUT2D eigenvalue weighted by Gasteiger charge is -2.06. The third-order valence-corrected chi connectivity index (χ3v) is 4.07. The SMILES string of the molecule is CCC(=O)c1cnc(SCc2ccccc2)c(C)c1. The van der Waals surface area contributed by atoms with Gasteiger partial charge in [0.25, 0.3) is 0 Å². The van der Waals surface area contributed by atoms with E-state index in [0.717, 1.165) is 16.3 Å². The monoisotopic (exact) mass is 271 g/mol. The van der Waals surface area contributed by atoms with Crippen LogP contribution >= 0.6 is 11.8 Å². The number of nitrogens with zero attached hydrogens (tertiary/aromatic N) is 1. The van der Waals surface area contributed by atoms with E-state index in [0.29, 0.717) is 12.0 Å². The number of hydrogen-bond donors (Lipinski definition) is 0. The van der Waals surface area contributed by atoms with E-state index in [1.807, 2.05) is 38.1 Å². The van der Waals surface area contributed by atoms with Crippen molar-refractivity contribution in [3.8, 4) is 0 Å². The first-order valence-electron chi connectivity index (χ1n) is 6.37. The lowest BCUT2D eigenvalue weighted by atomic mass is 10.1. The fourth-order valence-electron chi connectivity index (χ4n) is 1.80.